The molecule has 1 aliphatic heterocycles. The number of nitrogens with zero attached hydrogens (tertiary/aromatic N) is 2. The van der Waals surface area contributed by atoms with E-state index < -0.39 is 6.04 Å². The first-order chi connectivity index (χ1) is 13.9. The Morgan fingerprint density at radius 3 is 2.69 bits per heavy atom. The number of phenolic OH excluding ortho intramolecular Hbond substituents is 2. The number of hydrogen-bond acceptors (Lipinski definition) is 5. The Bertz CT molecular complexity index is 1090. The zero-order valence-corrected chi connectivity index (χ0v) is 16.3. The van der Waals surface area contributed by atoms with Gasteiger partial charge < -0.3 is 20.2 Å². The molecule has 1 amide bonds. The lowest BCUT2D eigenvalue weighted by Gasteiger charge is -2.26. The molecule has 4 N–H and O–H groups in total. The molecule has 7 nitrogen and oxygen atoms in total. The van der Waals surface area contributed by atoms with Crippen LogP contribution in [0.1, 0.15) is 45.2 Å². The number of amides is 1. The number of rotatable bonds is 5. The van der Waals surface area contributed by atoms with Crippen LogP contribution in [0.15, 0.2) is 36.4 Å². The maximum atomic E-state index is 13.1. The summed E-state index contributed by atoms with van der Waals surface area (Å²) in [6.07, 6.45) is 0.433. The maximum absolute atomic E-state index is 13.1. The van der Waals surface area contributed by atoms with Gasteiger partial charge in [0.05, 0.1) is 6.04 Å². The van der Waals surface area contributed by atoms with Crippen LogP contribution in [0.5, 0.6) is 11.5 Å². The SMILES string of the molecule is Cc1cc(C)c(O)c(-c2n[nH]c3c2[C@@H](c2cccc(O)c2)N(CCCO)C3=O)c1. The molecule has 1 aliphatic rings. The number of carbonyl (C=O) groups is 1. The third kappa shape index (κ3) is 3.13. The van der Waals surface area contributed by atoms with E-state index in [0.717, 1.165) is 16.7 Å². The Morgan fingerprint density at radius 1 is 1.17 bits per heavy atom. The van der Waals surface area contributed by atoms with Gasteiger partial charge in [-0.05, 0) is 55.2 Å². The van der Waals surface area contributed by atoms with E-state index in [1.165, 1.54) is 0 Å². The fourth-order valence-corrected chi connectivity index (χ4v) is 4.06. The predicted octanol–water partition coefficient (Wildman–Crippen LogP) is 3.03. The van der Waals surface area contributed by atoms with Crippen molar-refractivity contribution in [2.75, 3.05) is 13.2 Å². The van der Waals surface area contributed by atoms with Gasteiger partial charge in [-0.2, -0.15) is 5.10 Å². The lowest BCUT2D eigenvalue weighted by Crippen LogP contribution is -2.31. The topological polar surface area (TPSA) is 110 Å². The molecular weight excluding hydrogens is 370 g/mol. The molecule has 2 aromatic carbocycles. The minimum atomic E-state index is -0.481. The number of phenols is 2. The number of aromatic nitrogens is 2. The van der Waals surface area contributed by atoms with Gasteiger partial charge in [0.25, 0.3) is 5.91 Å². The molecule has 2 heterocycles. The fraction of sp³-hybridized carbons (Fsp3) is 0.273. The number of hydrogen-bond donors (Lipinski definition) is 4. The van der Waals surface area contributed by atoms with Crippen molar-refractivity contribution in [3.63, 3.8) is 0 Å². The lowest BCUT2D eigenvalue weighted by molar-refractivity contribution is 0.0732. The zero-order valence-electron chi connectivity index (χ0n) is 16.3. The summed E-state index contributed by atoms with van der Waals surface area (Å²) in [6, 6.07) is 10.0. The number of aryl methyl sites for hydroxylation is 2. The van der Waals surface area contributed by atoms with Gasteiger partial charge in [-0.3, -0.25) is 9.89 Å². The van der Waals surface area contributed by atoms with E-state index in [4.69, 9.17) is 0 Å². The Hall–Kier alpha value is -3.32. The van der Waals surface area contributed by atoms with Crippen molar-refractivity contribution in [3.05, 3.63) is 64.3 Å². The molecule has 0 aliphatic carbocycles. The van der Waals surface area contributed by atoms with Crippen LogP contribution in [-0.4, -0.2) is 49.5 Å². The van der Waals surface area contributed by atoms with Gasteiger partial charge in [0.1, 0.15) is 22.9 Å². The summed E-state index contributed by atoms with van der Waals surface area (Å²) in [5, 5.41) is 37.2. The van der Waals surface area contributed by atoms with Crippen LogP contribution in [0.3, 0.4) is 0 Å². The minimum absolute atomic E-state index is 0.0343. The number of carbonyl (C=O) groups excluding carboxylic acids is 1. The van der Waals surface area contributed by atoms with E-state index in [9.17, 15) is 20.1 Å². The molecule has 150 valence electrons. The van der Waals surface area contributed by atoms with Crippen LogP contribution in [0.2, 0.25) is 0 Å². The standard InChI is InChI=1S/C22H23N3O4/c1-12-9-13(2)21(28)16(10-12)18-17-19(24-23-18)22(29)25(7-4-8-26)20(17)14-5-3-6-15(27)11-14/h3,5-6,9-11,20,26-28H,4,7-8H2,1-2H3,(H,23,24)/t20-/m1/s1. The van der Waals surface area contributed by atoms with E-state index in [0.29, 0.717) is 35.5 Å². The van der Waals surface area contributed by atoms with E-state index in [-0.39, 0.29) is 24.0 Å². The van der Waals surface area contributed by atoms with Crippen LogP contribution in [0.25, 0.3) is 11.3 Å². The number of aromatic amines is 1. The van der Waals surface area contributed by atoms with Crippen LogP contribution in [-0.2, 0) is 0 Å². The van der Waals surface area contributed by atoms with Gasteiger partial charge in [-0.1, -0.05) is 18.2 Å². The number of H-pyrrole nitrogens is 1. The third-order valence-electron chi connectivity index (χ3n) is 5.31. The van der Waals surface area contributed by atoms with Gasteiger partial charge in [0.2, 0.25) is 0 Å². The van der Waals surface area contributed by atoms with Crippen molar-refractivity contribution in [2.24, 2.45) is 0 Å². The smallest absolute Gasteiger partial charge is 0.273 e. The van der Waals surface area contributed by atoms with Crippen LogP contribution in [0.4, 0.5) is 0 Å². The summed E-state index contributed by atoms with van der Waals surface area (Å²) in [5.74, 6) is 0.00928. The number of fused-ring (bicyclic) bond motifs is 1. The molecule has 29 heavy (non-hydrogen) atoms. The Morgan fingerprint density at radius 2 is 1.97 bits per heavy atom. The van der Waals surface area contributed by atoms with Gasteiger partial charge in [-0.15, -0.1) is 0 Å². The predicted molar refractivity (Wildman–Crippen MR) is 108 cm³/mol. The quantitative estimate of drug-likeness (QED) is 0.533. The second-order valence-corrected chi connectivity index (χ2v) is 7.41. The van der Waals surface area contributed by atoms with Gasteiger partial charge >= 0.3 is 0 Å². The zero-order chi connectivity index (χ0) is 20.7. The summed E-state index contributed by atoms with van der Waals surface area (Å²) < 4.78 is 0. The number of nitrogens with one attached hydrogen (secondary N) is 1. The van der Waals surface area contributed by atoms with Crippen LogP contribution < -0.4 is 0 Å². The second kappa shape index (κ2) is 7.25. The van der Waals surface area contributed by atoms with Crippen molar-refractivity contribution in [1.29, 1.82) is 0 Å². The van der Waals surface area contributed by atoms with Crippen LogP contribution >= 0.6 is 0 Å². The molecule has 0 fully saturated rings. The Labute approximate surface area is 168 Å². The van der Waals surface area contributed by atoms with Gasteiger partial charge in [-0.25, -0.2) is 0 Å². The molecule has 0 spiro atoms. The largest absolute Gasteiger partial charge is 0.508 e. The number of aliphatic hydroxyl groups excluding tert-OH is 1. The summed E-state index contributed by atoms with van der Waals surface area (Å²) in [6.45, 7) is 4.09. The summed E-state index contributed by atoms with van der Waals surface area (Å²) >= 11 is 0. The lowest BCUT2D eigenvalue weighted by atomic mass is 9.94. The molecule has 1 atom stereocenters. The van der Waals surface area contributed by atoms with Crippen molar-refractivity contribution in [3.8, 4) is 22.8 Å². The molecule has 0 radical (unpaired) electrons. The summed E-state index contributed by atoms with van der Waals surface area (Å²) in [5.41, 5.74) is 4.54. The highest BCUT2D eigenvalue weighted by molar-refractivity contribution is 6.00. The maximum Gasteiger partial charge on any atom is 0.273 e. The van der Waals surface area contributed by atoms with Crippen molar-refractivity contribution in [1.82, 2.24) is 15.1 Å². The number of aromatic hydroxyl groups is 2. The normalized spacial score (nSPS) is 15.8. The molecule has 7 heteroatoms. The van der Waals surface area contributed by atoms with E-state index in [2.05, 4.69) is 10.2 Å². The number of aliphatic hydroxyl groups is 1. The molecule has 0 saturated carbocycles. The first kappa shape index (κ1) is 19.0. The second-order valence-electron chi connectivity index (χ2n) is 7.41. The monoisotopic (exact) mass is 393 g/mol. The molecule has 1 aromatic heterocycles. The Balaban J connectivity index is 1.92. The molecular formula is C22H23N3O4. The van der Waals surface area contributed by atoms with Crippen molar-refractivity contribution in [2.45, 2.75) is 26.3 Å². The molecule has 3 aromatic rings. The molecule has 0 unspecified atom stereocenters. The fourth-order valence-electron chi connectivity index (χ4n) is 4.06. The summed E-state index contributed by atoms with van der Waals surface area (Å²) in [4.78, 5) is 14.7. The minimum Gasteiger partial charge on any atom is -0.508 e. The highest BCUT2D eigenvalue weighted by Crippen LogP contribution is 2.45. The average Bonchev–Trinajstić information content (AvgIpc) is 3.22. The first-order valence-electron chi connectivity index (χ1n) is 9.52. The van der Waals surface area contributed by atoms with E-state index in [1.54, 1.807) is 23.1 Å². The number of benzene rings is 2. The van der Waals surface area contributed by atoms with Crippen molar-refractivity contribution >= 4 is 5.91 Å². The third-order valence-corrected chi connectivity index (χ3v) is 5.31. The highest BCUT2D eigenvalue weighted by Gasteiger charge is 2.42. The first-order valence-corrected chi connectivity index (χ1v) is 9.52. The average molecular weight is 393 g/mol. The summed E-state index contributed by atoms with van der Waals surface area (Å²) in [7, 11) is 0. The Kier molecular flexibility index (Phi) is 4.76. The van der Waals surface area contributed by atoms with Gasteiger partial charge in [0, 0.05) is 24.3 Å². The molecule has 0 bridgehead atoms. The molecule has 0 saturated heterocycles. The van der Waals surface area contributed by atoms with Gasteiger partial charge in [0.15, 0.2) is 0 Å². The van der Waals surface area contributed by atoms with Crippen molar-refractivity contribution < 1.29 is 20.1 Å². The van der Waals surface area contributed by atoms with Crippen LogP contribution in [0, 0.1) is 13.8 Å². The van der Waals surface area contributed by atoms with E-state index in [1.807, 2.05) is 32.0 Å². The highest BCUT2D eigenvalue weighted by atomic mass is 16.3. The molecule has 4 rings (SSSR count). The van der Waals surface area contributed by atoms with E-state index >= 15 is 0 Å².